The van der Waals surface area contributed by atoms with Crippen molar-refractivity contribution in [1.29, 1.82) is 0 Å². The number of rotatable bonds is 0. The Kier molecular flexibility index (Phi) is 1.10. The maximum absolute atomic E-state index is 5.83. The Morgan fingerprint density at radius 1 is 1.75 bits per heavy atom. The zero-order chi connectivity index (χ0) is 6.36. The van der Waals surface area contributed by atoms with Gasteiger partial charge >= 0.3 is 0 Å². The molecule has 1 saturated heterocycles. The van der Waals surface area contributed by atoms with Crippen LogP contribution in [0.3, 0.4) is 0 Å². The quantitative estimate of drug-likeness (QED) is 0.489. The molecule has 8 heavy (non-hydrogen) atoms. The van der Waals surface area contributed by atoms with Gasteiger partial charge in [0.25, 0.3) is 0 Å². The van der Waals surface area contributed by atoms with Gasteiger partial charge in [-0.25, -0.2) is 0 Å². The van der Waals surface area contributed by atoms with E-state index in [1.807, 2.05) is 0 Å². The molecule has 2 heteroatoms. The number of hydrogen-bond acceptors (Lipinski definition) is 2. The van der Waals surface area contributed by atoms with Crippen LogP contribution in [0.15, 0.2) is 0 Å². The Morgan fingerprint density at radius 3 is 2.25 bits per heavy atom. The smallest absolute Gasteiger partial charge is 0.0694 e. The van der Waals surface area contributed by atoms with E-state index in [-0.39, 0.29) is 5.66 Å². The third-order valence-corrected chi connectivity index (χ3v) is 2.37. The van der Waals surface area contributed by atoms with E-state index >= 15 is 0 Å². The number of hydrogen-bond donors (Lipinski definition) is 1. The molecule has 1 fully saturated rings. The Bertz CT molecular complexity index is 88.7. The molecule has 1 aliphatic rings. The molecule has 0 aromatic carbocycles. The number of likely N-dealkylation sites (tertiary alicyclic amines) is 1. The molecule has 0 saturated carbocycles. The molecule has 0 radical (unpaired) electrons. The minimum Gasteiger partial charge on any atom is -0.313 e. The van der Waals surface area contributed by atoms with Crippen LogP contribution in [0.5, 0.6) is 0 Å². The summed E-state index contributed by atoms with van der Waals surface area (Å²) in [5.74, 6) is 0.660. The van der Waals surface area contributed by atoms with E-state index in [1.54, 1.807) is 0 Å². The van der Waals surface area contributed by atoms with E-state index in [0.717, 1.165) is 6.54 Å². The van der Waals surface area contributed by atoms with E-state index in [1.165, 1.54) is 0 Å². The molecule has 48 valence electrons. The van der Waals surface area contributed by atoms with Gasteiger partial charge in [-0.15, -0.1) is 0 Å². The van der Waals surface area contributed by atoms with Gasteiger partial charge in [0, 0.05) is 6.54 Å². The standard InChI is InChI=1S/C6H14N2/c1-5-4-8(3)6(5,2)7/h5H,4,7H2,1-3H3. The predicted molar refractivity (Wildman–Crippen MR) is 34.4 cm³/mol. The summed E-state index contributed by atoms with van der Waals surface area (Å²) in [6.45, 7) is 5.40. The third-order valence-electron chi connectivity index (χ3n) is 2.37. The van der Waals surface area contributed by atoms with E-state index < -0.39 is 0 Å². The van der Waals surface area contributed by atoms with Crippen LogP contribution in [0, 0.1) is 5.92 Å². The predicted octanol–water partition coefficient (Wildman–Crippen LogP) is 0.243. The van der Waals surface area contributed by atoms with Crippen molar-refractivity contribution in [2.24, 2.45) is 11.7 Å². The fourth-order valence-electron chi connectivity index (χ4n) is 1.06. The summed E-state index contributed by atoms with van der Waals surface area (Å²) in [4.78, 5) is 2.16. The first kappa shape index (κ1) is 6.05. The fraction of sp³-hybridized carbons (Fsp3) is 1.00. The Balaban J connectivity index is 2.52. The summed E-state index contributed by atoms with van der Waals surface area (Å²) in [7, 11) is 2.06. The molecule has 0 aromatic heterocycles. The molecule has 1 aliphatic heterocycles. The topological polar surface area (TPSA) is 29.3 Å². The molecule has 2 nitrogen and oxygen atoms in total. The van der Waals surface area contributed by atoms with Gasteiger partial charge in [-0.3, -0.25) is 4.90 Å². The lowest BCUT2D eigenvalue weighted by molar-refractivity contribution is -0.0331. The zero-order valence-corrected chi connectivity index (χ0v) is 5.81. The van der Waals surface area contributed by atoms with Gasteiger partial charge < -0.3 is 5.73 Å². The van der Waals surface area contributed by atoms with Crippen LogP contribution in [0.25, 0.3) is 0 Å². The summed E-state index contributed by atoms with van der Waals surface area (Å²) in [6, 6.07) is 0. The summed E-state index contributed by atoms with van der Waals surface area (Å²) in [5.41, 5.74) is 5.81. The van der Waals surface area contributed by atoms with E-state index in [9.17, 15) is 0 Å². The first-order chi connectivity index (χ1) is 3.55. The second-order valence-electron chi connectivity index (χ2n) is 3.01. The maximum atomic E-state index is 5.83. The van der Waals surface area contributed by atoms with E-state index in [2.05, 4.69) is 25.8 Å². The van der Waals surface area contributed by atoms with Crippen molar-refractivity contribution in [2.45, 2.75) is 19.5 Å². The van der Waals surface area contributed by atoms with Crippen molar-refractivity contribution in [3.63, 3.8) is 0 Å². The molecule has 0 aromatic rings. The van der Waals surface area contributed by atoms with Gasteiger partial charge in [0.1, 0.15) is 0 Å². The highest BCUT2D eigenvalue weighted by molar-refractivity contribution is 4.94. The minimum absolute atomic E-state index is 0.0278. The molecule has 0 amide bonds. The lowest BCUT2D eigenvalue weighted by Gasteiger charge is -2.51. The van der Waals surface area contributed by atoms with Crippen LogP contribution in [-0.2, 0) is 0 Å². The fourth-order valence-corrected chi connectivity index (χ4v) is 1.06. The first-order valence-electron chi connectivity index (χ1n) is 3.05. The molecule has 1 heterocycles. The second kappa shape index (κ2) is 1.45. The maximum Gasteiger partial charge on any atom is 0.0694 e. The van der Waals surface area contributed by atoms with Crippen molar-refractivity contribution < 1.29 is 0 Å². The van der Waals surface area contributed by atoms with Crippen LogP contribution >= 0.6 is 0 Å². The summed E-state index contributed by atoms with van der Waals surface area (Å²) >= 11 is 0. The van der Waals surface area contributed by atoms with E-state index in [0.29, 0.717) is 5.92 Å². The van der Waals surface area contributed by atoms with Crippen LogP contribution in [0.2, 0.25) is 0 Å². The third kappa shape index (κ3) is 0.565. The molecular weight excluding hydrogens is 100 g/mol. The average Bonchev–Trinajstić information content (AvgIpc) is 1.68. The van der Waals surface area contributed by atoms with Gasteiger partial charge in [-0.1, -0.05) is 6.92 Å². The SMILES string of the molecule is CC1CN(C)C1(C)N. The van der Waals surface area contributed by atoms with Gasteiger partial charge in [0.05, 0.1) is 5.66 Å². The average molecular weight is 114 g/mol. The monoisotopic (exact) mass is 114 g/mol. The highest BCUT2D eigenvalue weighted by Gasteiger charge is 2.40. The molecule has 2 N–H and O–H groups in total. The molecule has 1 rings (SSSR count). The zero-order valence-electron chi connectivity index (χ0n) is 5.81. The van der Waals surface area contributed by atoms with Crippen LogP contribution in [0.1, 0.15) is 13.8 Å². The van der Waals surface area contributed by atoms with Gasteiger partial charge in [0.2, 0.25) is 0 Å². The number of nitrogens with two attached hydrogens (primary N) is 1. The molecule has 0 bridgehead atoms. The normalized spacial score (nSPS) is 48.8. The van der Waals surface area contributed by atoms with E-state index in [4.69, 9.17) is 5.73 Å². The molecule has 2 unspecified atom stereocenters. The largest absolute Gasteiger partial charge is 0.313 e. The molecule has 2 atom stereocenters. The summed E-state index contributed by atoms with van der Waals surface area (Å²) < 4.78 is 0. The summed E-state index contributed by atoms with van der Waals surface area (Å²) in [5, 5.41) is 0. The van der Waals surface area contributed by atoms with Crippen molar-refractivity contribution in [1.82, 2.24) is 4.90 Å². The van der Waals surface area contributed by atoms with Crippen molar-refractivity contribution in [3.05, 3.63) is 0 Å². The molecule has 0 aliphatic carbocycles. The minimum atomic E-state index is -0.0278. The summed E-state index contributed by atoms with van der Waals surface area (Å²) in [6.07, 6.45) is 0. The van der Waals surface area contributed by atoms with Crippen molar-refractivity contribution in [2.75, 3.05) is 13.6 Å². The second-order valence-corrected chi connectivity index (χ2v) is 3.01. The lowest BCUT2D eigenvalue weighted by Crippen LogP contribution is -2.68. The van der Waals surface area contributed by atoms with Crippen molar-refractivity contribution >= 4 is 0 Å². The highest BCUT2D eigenvalue weighted by Crippen LogP contribution is 2.28. The highest BCUT2D eigenvalue weighted by atomic mass is 15.3. The Hall–Kier alpha value is -0.0800. The molecular formula is C6H14N2. The Labute approximate surface area is 50.7 Å². The van der Waals surface area contributed by atoms with Gasteiger partial charge in [-0.05, 0) is 19.9 Å². The van der Waals surface area contributed by atoms with Crippen LogP contribution in [-0.4, -0.2) is 24.2 Å². The van der Waals surface area contributed by atoms with Crippen molar-refractivity contribution in [3.8, 4) is 0 Å². The first-order valence-corrected chi connectivity index (χ1v) is 3.05. The van der Waals surface area contributed by atoms with Gasteiger partial charge in [-0.2, -0.15) is 0 Å². The molecule has 0 spiro atoms. The number of nitrogens with zero attached hydrogens (tertiary/aromatic N) is 1. The van der Waals surface area contributed by atoms with Crippen LogP contribution in [0.4, 0.5) is 0 Å². The van der Waals surface area contributed by atoms with Crippen LogP contribution < -0.4 is 5.73 Å². The van der Waals surface area contributed by atoms with Gasteiger partial charge in [0.15, 0.2) is 0 Å². The lowest BCUT2D eigenvalue weighted by atomic mass is 9.86. The Morgan fingerprint density at radius 2 is 2.25 bits per heavy atom.